The first-order valence-electron chi connectivity index (χ1n) is 5.26. The number of hydrogen-bond acceptors (Lipinski definition) is 4. The molecule has 0 radical (unpaired) electrons. The Labute approximate surface area is 109 Å². The van der Waals surface area contributed by atoms with Crippen molar-refractivity contribution in [1.29, 1.82) is 5.26 Å². The van der Waals surface area contributed by atoms with Crippen molar-refractivity contribution in [3.05, 3.63) is 52.8 Å². The predicted molar refractivity (Wildman–Crippen MR) is 69.4 cm³/mol. The van der Waals surface area contributed by atoms with E-state index in [0.717, 1.165) is 11.4 Å². The third-order valence-electron chi connectivity index (χ3n) is 2.37. The molecule has 0 aliphatic rings. The van der Waals surface area contributed by atoms with Gasteiger partial charge >= 0.3 is 0 Å². The van der Waals surface area contributed by atoms with Crippen molar-refractivity contribution in [3.8, 4) is 11.8 Å². The Morgan fingerprint density at radius 2 is 2.17 bits per heavy atom. The molecule has 0 aliphatic carbocycles. The van der Waals surface area contributed by atoms with Crippen molar-refractivity contribution in [1.82, 2.24) is 4.98 Å². The fourth-order valence-corrected chi connectivity index (χ4v) is 1.68. The first-order chi connectivity index (χ1) is 8.69. The summed E-state index contributed by atoms with van der Waals surface area (Å²) in [5.74, 6) is 0.134. The standard InChI is InChI=1S/C13H10ClN3O/c14-12-5-9(6-15)1-4-13(12)17-7-10-2-3-11(18)8-16-10/h1-5,8,17-18H,7H2. The second-order valence-electron chi connectivity index (χ2n) is 3.67. The van der Waals surface area contributed by atoms with Gasteiger partial charge in [0.05, 0.1) is 40.8 Å². The maximum absolute atomic E-state index is 9.11. The van der Waals surface area contributed by atoms with Gasteiger partial charge in [-0.15, -0.1) is 0 Å². The normalized spacial score (nSPS) is 9.78. The van der Waals surface area contributed by atoms with Crippen LogP contribution in [0.3, 0.4) is 0 Å². The lowest BCUT2D eigenvalue weighted by molar-refractivity contribution is 0.472. The molecule has 1 heterocycles. The Morgan fingerprint density at radius 3 is 2.78 bits per heavy atom. The molecule has 90 valence electrons. The fourth-order valence-electron chi connectivity index (χ4n) is 1.44. The third kappa shape index (κ3) is 2.90. The van der Waals surface area contributed by atoms with E-state index in [4.69, 9.17) is 22.0 Å². The van der Waals surface area contributed by atoms with Crippen LogP contribution in [0.5, 0.6) is 5.75 Å². The zero-order valence-electron chi connectivity index (χ0n) is 9.39. The van der Waals surface area contributed by atoms with Crippen molar-refractivity contribution >= 4 is 17.3 Å². The minimum Gasteiger partial charge on any atom is -0.506 e. The van der Waals surface area contributed by atoms with Crippen LogP contribution in [0.2, 0.25) is 5.02 Å². The molecule has 0 unspecified atom stereocenters. The number of aromatic nitrogens is 1. The highest BCUT2D eigenvalue weighted by Gasteiger charge is 2.02. The molecular formula is C13H10ClN3O. The van der Waals surface area contributed by atoms with Gasteiger partial charge in [0, 0.05) is 0 Å². The summed E-state index contributed by atoms with van der Waals surface area (Å²) in [5, 5.41) is 21.4. The van der Waals surface area contributed by atoms with Gasteiger partial charge in [-0.05, 0) is 30.3 Å². The third-order valence-corrected chi connectivity index (χ3v) is 2.68. The molecular weight excluding hydrogens is 250 g/mol. The Morgan fingerprint density at radius 1 is 1.33 bits per heavy atom. The average molecular weight is 260 g/mol. The summed E-state index contributed by atoms with van der Waals surface area (Å²) in [7, 11) is 0. The molecule has 0 saturated carbocycles. The summed E-state index contributed by atoms with van der Waals surface area (Å²) < 4.78 is 0. The van der Waals surface area contributed by atoms with E-state index in [0.29, 0.717) is 17.1 Å². The lowest BCUT2D eigenvalue weighted by atomic mass is 10.2. The van der Waals surface area contributed by atoms with Gasteiger partial charge in [-0.25, -0.2) is 0 Å². The Hall–Kier alpha value is -2.25. The summed E-state index contributed by atoms with van der Waals surface area (Å²) in [4.78, 5) is 4.05. The van der Waals surface area contributed by atoms with Crippen LogP contribution in [0.25, 0.3) is 0 Å². The molecule has 5 heteroatoms. The first-order valence-corrected chi connectivity index (χ1v) is 5.64. The van der Waals surface area contributed by atoms with E-state index >= 15 is 0 Å². The van der Waals surface area contributed by atoms with Gasteiger partial charge in [-0.3, -0.25) is 4.98 Å². The SMILES string of the molecule is N#Cc1ccc(NCc2ccc(O)cn2)c(Cl)c1. The maximum Gasteiger partial charge on any atom is 0.133 e. The Balaban J connectivity index is 2.06. The number of benzene rings is 1. The number of nitrogens with zero attached hydrogens (tertiary/aromatic N) is 2. The number of anilines is 1. The van der Waals surface area contributed by atoms with Crippen LogP contribution in [0, 0.1) is 11.3 Å². The largest absolute Gasteiger partial charge is 0.506 e. The molecule has 1 aromatic carbocycles. The van der Waals surface area contributed by atoms with Gasteiger partial charge in [-0.2, -0.15) is 5.26 Å². The minimum atomic E-state index is 0.134. The topological polar surface area (TPSA) is 68.9 Å². The highest BCUT2D eigenvalue weighted by atomic mass is 35.5. The van der Waals surface area contributed by atoms with Crippen LogP contribution < -0.4 is 5.32 Å². The highest BCUT2D eigenvalue weighted by Crippen LogP contribution is 2.23. The fraction of sp³-hybridized carbons (Fsp3) is 0.0769. The van der Waals surface area contributed by atoms with Crippen LogP contribution >= 0.6 is 11.6 Å². The molecule has 0 atom stereocenters. The number of nitrogens with one attached hydrogen (secondary N) is 1. The van der Waals surface area contributed by atoms with Gasteiger partial charge < -0.3 is 10.4 Å². The summed E-state index contributed by atoms with van der Waals surface area (Å²) >= 11 is 6.03. The molecule has 2 N–H and O–H groups in total. The lowest BCUT2D eigenvalue weighted by Gasteiger charge is -2.08. The minimum absolute atomic E-state index is 0.134. The van der Waals surface area contributed by atoms with Gasteiger partial charge in [-0.1, -0.05) is 11.6 Å². The smallest absolute Gasteiger partial charge is 0.133 e. The second kappa shape index (κ2) is 5.39. The van der Waals surface area contributed by atoms with E-state index in [1.54, 1.807) is 30.3 Å². The van der Waals surface area contributed by atoms with Crippen molar-refractivity contribution < 1.29 is 5.11 Å². The van der Waals surface area contributed by atoms with Crippen LogP contribution in [-0.2, 0) is 6.54 Å². The molecule has 4 nitrogen and oxygen atoms in total. The number of hydrogen-bond donors (Lipinski definition) is 2. The molecule has 0 saturated heterocycles. The van der Waals surface area contributed by atoms with Crippen molar-refractivity contribution in [3.63, 3.8) is 0 Å². The Bertz CT molecular complexity index is 590. The molecule has 0 spiro atoms. The number of aromatic hydroxyl groups is 1. The monoisotopic (exact) mass is 259 g/mol. The summed E-state index contributed by atoms with van der Waals surface area (Å²) in [5.41, 5.74) is 2.05. The quantitative estimate of drug-likeness (QED) is 0.889. The predicted octanol–water partition coefficient (Wildman–Crippen LogP) is 2.92. The lowest BCUT2D eigenvalue weighted by Crippen LogP contribution is -2.01. The Kier molecular flexibility index (Phi) is 3.66. The first kappa shape index (κ1) is 12.2. The van der Waals surface area contributed by atoms with Gasteiger partial charge in [0.25, 0.3) is 0 Å². The molecule has 1 aromatic heterocycles. The average Bonchev–Trinajstić information content (AvgIpc) is 2.39. The molecule has 2 rings (SSSR count). The number of rotatable bonds is 3. The second-order valence-corrected chi connectivity index (χ2v) is 4.07. The number of halogens is 1. The molecule has 2 aromatic rings. The summed E-state index contributed by atoms with van der Waals surface area (Å²) in [6.45, 7) is 0.492. The van der Waals surface area contributed by atoms with Crippen molar-refractivity contribution in [2.45, 2.75) is 6.54 Å². The number of pyridine rings is 1. The molecule has 0 amide bonds. The van der Waals surface area contributed by atoms with Crippen LogP contribution in [0.4, 0.5) is 5.69 Å². The van der Waals surface area contributed by atoms with Crippen molar-refractivity contribution in [2.75, 3.05) is 5.32 Å². The van der Waals surface area contributed by atoms with E-state index in [-0.39, 0.29) is 5.75 Å². The maximum atomic E-state index is 9.11. The highest BCUT2D eigenvalue weighted by molar-refractivity contribution is 6.33. The van der Waals surface area contributed by atoms with E-state index in [9.17, 15) is 0 Å². The molecule has 0 fully saturated rings. The van der Waals surface area contributed by atoms with Crippen LogP contribution in [-0.4, -0.2) is 10.1 Å². The molecule has 0 bridgehead atoms. The van der Waals surface area contributed by atoms with Crippen molar-refractivity contribution in [2.24, 2.45) is 0 Å². The van der Waals surface area contributed by atoms with E-state index in [1.807, 2.05) is 6.07 Å². The number of nitriles is 1. The zero-order valence-corrected chi connectivity index (χ0v) is 10.1. The zero-order chi connectivity index (χ0) is 13.0. The van der Waals surface area contributed by atoms with E-state index in [1.165, 1.54) is 6.20 Å². The van der Waals surface area contributed by atoms with Crippen LogP contribution in [0.15, 0.2) is 36.5 Å². The van der Waals surface area contributed by atoms with E-state index < -0.39 is 0 Å². The summed E-state index contributed by atoms with van der Waals surface area (Å²) in [6, 6.07) is 10.4. The van der Waals surface area contributed by atoms with Gasteiger partial charge in [0.15, 0.2) is 0 Å². The van der Waals surface area contributed by atoms with Gasteiger partial charge in [0.2, 0.25) is 0 Å². The molecule has 18 heavy (non-hydrogen) atoms. The van der Waals surface area contributed by atoms with Crippen LogP contribution in [0.1, 0.15) is 11.3 Å². The van der Waals surface area contributed by atoms with Gasteiger partial charge in [0.1, 0.15) is 5.75 Å². The molecule has 0 aliphatic heterocycles. The summed E-state index contributed by atoms with van der Waals surface area (Å²) in [6.07, 6.45) is 1.39. The van der Waals surface area contributed by atoms with E-state index in [2.05, 4.69) is 10.3 Å².